The first-order chi connectivity index (χ1) is 14.7. The van der Waals surface area contributed by atoms with E-state index >= 15 is 0 Å². The van der Waals surface area contributed by atoms with Crippen molar-refractivity contribution in [2.45, 2.75) is 24.3 Å². The van der Waals surface area contributed by atoms with Gasteiger partial charge in [-0.3, -0.25) is 4.79 Å². The minimum absolute atomic E-state index is 0.0350. The number of fused-ring (bicyclic) bond motifs is 1. The molecule has 1 aliphatic rings. The number of para-hydroxylation sites is 1. The molecule has 0 unspecified atom stereocenters. The van der Waals surface area contributed by atoms with Gasteiger partial charge in [0.15, 0.2) is 0 Å². The van der Waals surface area contributed by atoms with Gasteiger partial charge in [0.2, 0.25) is 15.9 Å². The van der Waals surface area contributed by atoms with Crippen molar-refractivity contribution < 1.29 is 26.7 Å². The average molecular weight is 469 g/mol. The summed E-state index contributed by atoms with van der Waals surface area (Å²) in [5, 5.41) is 2.74. The number of hydrogen-bond acceptors (Lipinski definition) is 5. The summed E-state index contributed by atoms with van der Waals surface area (Å²) in [6, 6.07) is 11.7. The summed E-state index contributed by atoms with van der Waals surface area (Å²) in [6.45, 7) is -3.26. The third-order valence-electron chi connectivity index (χ3n) is 4.79. The topological polar surface area (TPSA) is 75.7 Å². The highest BCUT2D eigenvalue weighted by Crippen LogP contribution is 2.31. The van der Waals surface area contributed by atoms with Crippen molar-refractivity contribution in [2.75, 3.05) is 25.2 Å². The van der Waals surface area contributed by atoms with E-state index < -0.39 is 22.5 Å². The summed E-state index contributed by atoms with van der Waals surface area (Å²) in [4.78, 5) is 13.5. The smallest absolute Gasteiger partial charge is 0.387 e. The van der Waals surface area contributed by atoms with Crippen molar-refractivity contribution in [3.63, 3.8) is 0 Å². The molecule has 0 bridgehead atoms. The molecule has 31 heavy (non-hydrogen) atoms. The van der Waals surface area contributed by atoms with Crippen molar-refractivity contribution >= 4 is 39.5 Å². The standard InChI is InChI=1S/C21H22F2N2O4S2/c1-25(13-20(26)24-18-5-3-4-6-19(18)30-2)31(27,28)17-10-8-14-11-16(29-21(22)23)9-7-15(14)12-17/h3-7,9,11-12,21H,8,10,13H2,1-2H3,(H,24,26). The summed E-state index contributed by atoms with van der Waals surface area (Å²) < 4.78 is 56.1. The number of carbonyl (C=O) groups excluding carboxylic acids is 1. The van der Waals surface area contributed by atoms with Crippen LogP contribution in [0.25, 0.3) is 6.08 Å². The molecule has 0 heterocycles. The Morgan fingerprint density at radius 1 is 1.23 bits per heavy atom. The molecule has 2 aromatic carbocycles. The van der Waals surface area contributed by atoms with Crippen LogP contribution in [0, 0.1) is 0 Å². The number of carbonyl (C=O) groups is 1. The molecule has 166 valence electrons. The fraction of sp³-hybridized carbons (Fsp3) is 0.286. The number of benzene rings is 2. The molecule has 3 rings (SSSR count). The molecule has 0 atom stereocenters. The minimum atomic E-state index is -3.86. The van der Waals surface area contributed by atoms with Gasteiger partial charge in [0, 0.05) is 11.9 Å². The van der Waals surface area contributed by atoms with E-state index in [0.717, 1.165) is 14.8 Å². The van der Waals surface area contributed by atoms with Gasteiger partial charge in [-0.25, -0.2) is 8.42 Å². The van der Waals surface area contributed by atoms with Gasteiger partial charge in [0.25, 0.3) is 0 Å². The van der Waals surface area contributed by atoms with Gasteiger partial charge in [-0.2, -0.15) is 13.1 Å². The number of rotatable bonds is 8. The van der Waals surface area contributed by atoms with Gasteiger partial charge >= 0.3 is 6.61 Å². The highest BCUT2D eigenvalue weighted by molar-refractivity contribution is 7.98. The first-order valence-electron chi connectivity index (χ1n) is 9.38. The molecule has 1 N–H and O–H groups in total. The maximum Gasteiger partial charge on any atom is 0.387 e. The summed E-state index contributed by atoms with van der Waals surface area (Å²) in [5.74, 6) is -0.411. The number of sulfonamides is 1. The predicted octanol–water partition coefficient (Wildman–Crippen LogP) is 4.20. The fourth-order valence-electron chi connectivity index (χ4n) is 3.25. The second-order valence-corrected chi connectivity index (χ2v) is 9.81. The van der Waals surface area contributed by atoms with Gasteiger partial charge in [0.1, 0.15) is 5.75 Å². The second kappa shape index (κ2) is 9.80. The zero-order valence-electron chi connectivity index (χ0n) is 17.0. The Labute approximate surface area is 184 Å². The van der Waals surface area contributed by atoms with Crippen LogP contribution in [0.2, 0.25) is 0 Å². The minimum Gasteiger partial charge on any atom is -0.435 e. The first-order valence-corrected chi connectivity index (χ1v) is 12.0. The molecule has 2 aromatic rings. The van der Waals surface area contributed by atoms with Crippen LogP contribution in [0.5, 0.6) is 5.75 Å². The van der Waals surface area contributed by atoms with Crippen molar-refractivity contribution in [3.8, 4) is 5.75 Å². The zero-order valence-corrected chi connectivity index (χ0v) is 18.6. The van der Waals surface area contributed by atoms with E-state index in [1.807, 2.05) is 18.4 Å². The van der Waals surface area contributed by atoms with Gasteiger partial charge < -0.3 is 10.1 Å². The molecule has 1 aliphatic carbocycles. The lowest BCUT2D eigenvalue weighted by Crippen LogP contribution is -2.36. The van der Waals surface area contributed by atoms with Crippen LogP contribution in [-0.2, 0) is 21.2 Å². The van der Waals surface area contributed by atoms with Gasteiger partial charge in [0.05, 0.1) is 17.1 Å². The van der Waals surface area contributed by atoms with Crippen molar-refractivity contribution in [3.05, 3.63) is 58.5 Å². The number of amides is 1. The Hall–Kier alpha value is -2.43. The number of likely N-dealkylation sites (N-methyl/N-ethyl adjacent to an activating group) is 1. The zero-order chi connectivity index (χ0) is 22.6. The number of nitrogens with zero attached hydrogens (tertiary/aromatic N) is 1. The molecule has 1 amide bonds. The predicted molar refractivity (Wildman–Crippen MR) is 118 cm³/mol. The van der Waals surface area contributed by atoms with Crippen molar-refractivity contribution in [1.29, 1.82) is 0 Å². The van der Waals surface area contributed by atoms with Crippen molar-refractivity contribution in [1.82, 2.24) is 4.31 Å². The van der Waals surface area contributed by atoms with E-state index in [0.29, 0.717) is 17.7 Å². The Morgan fingerprint density at radius 3 is 2.68 bits per heavy atom. The monoisotopic (exact) mass is 468 g/mol. The fourth-order valence-corrected chi connectivity index (χ4v) is 5.12. The third-order valence-corrected chi connectivity index (χ3v) is 7.52. The van der Waals surface area contributed by atoms with Crippen LogP contribution in [0.4, 0.5) is 14.5 Å². The molecule has 0 saturated carbocycles. The van der Waals surface area contributed by atoms with Crippen LogP contribution >= 0.6 is 11.8 Å². The summed E-state index contributed by atoms with van der Waals surface area (Å²) in [5.41, 5.74) is 1.97. The molecule has 6 nitrogen and oxygen atoms in total. The summed E-state index contributed by atoms with van der Waals surface area (Å²) in [6.07, 6.45) is 3.96. The van der Waals surface area contributed by atoms with E-state index in [2.05, 4.69) is 10.1 Å². The van der Waals surface area contributed by atoms with E-state index in [1.165, 1.54) is 37.0 Å². The molecule has 0 fully saturated rings. The number of thioether (sulfide) groups is 1. The highest BCUT2D eigenvalue weighted by Gasteiger charge is 2.28. The van der Waals surface area contributed by atoms with E-state index in [9.17, 15) is 22.0 Å². The first kappa shape index (κ1) is 23.2. The van der Waals surface area contributed by atoms with Crippen LogP contribution < -0.4 is 10.1 Å². The molecule has 10 heteroatoms. The molecule has 0 spiro atoms. The Kier molecular flexibility index (Phi) is 7.34. The van der Waals surface area contributed by atoms with E-state index in [4.69, 9.17) is 0 Å². The summed E-state index contributed by atoms with van der Waals surface area (Å²) in [7, 11) is -2.51. The molecule has 0 aromatic heterocycles. The Bertz CT molecular complexity index is 1100. The highest BCUT2D eigenvalue weighted by atomic mass is 32.2. The number of hydrogen-bond donors (Lipinski definition) is 1. The van der Waals surface area contributed by atoms with E-state index in [1.54, 1.807) is 18.2 Å². The number of allylic oxidation sites excluding steroid dienone is 1. The largest absolute Gasteiger partial charge is 0.435 e. The molecule has 0 aliphatic heterocycles. The number of nitrogens with one attached hydrogen (secondary N) is 1. The maximum atomic E-state index is 13.0. The number of anilines is 1. The number of alkyl halides is 2. The van der Waals surface area contributed by atoms with Crippen LogP contribution in [0.1, 0.15) is 17.5 Å². The lowest BCUT2D eigenvalue weighted by molar-refractivity contribution is -0.116. The van der Waals surface area contributed by atoms with E-state index in [-0.39, 0.29) is 23.6 Å². The number of aryl methyl sites for hydroxylation is 1. The second-order valence-electron chi connectivity index (χ2n) is 6.86. The summed E-state index contributed by atoms with van der Waals surface area (Å²) >= 11 is 1.48. The molecular weight excluding hydrogens is 446 g/mol. The Balaban J connectivity index is 1.72. The quantitative estimate of drug-likeness (QED) is 0.588. The third kappa shape index (κ3) is 5.63. The SMILES string of the molecule is CSc1ccccc1NC(=O)CN(C)S(=O)(=O)C1=Cc2ccc(OC(F)F)cc2CC1. The lowest BCUT2D eigenvalue weighted by atomic mass is 9.97. The van der Waals surface area contributed by atoms with Crippen LogP contribution in [-0.4, -0.2) is 45.1 Å². The van der Waals surface area contributed by atoms with Crippen LogP contribution in [0.15, 0.2) is 52.3 Å². The maximum absolute atomic E-state index is 13.0. The molecule has 0 radical (unpaired) electrons. The number of halogens is 2. The lowest BCUT2D eigenvalue weighted by Gasteiger charge is -2.22. The normalized spacial score (nSPS) is 13.7. The average Bonchev–Trinajstić information content (AvgIpc) is 2.73. The number of ether oxygens (including phenoxy) is 1. The molecule has 0 saturated heterocycles. The van der Waals surface area contributed by atoms with Gasteiger partial charge in [-0.1, -0.05) is 18.2 Å². The van der Waals surface area contributed by atoms with Gasteiger partial charge in [-0.15, -0.1) is 11.8 Å². The van der Waals surface area contributed by atoms with Crippen molar-refractivity contribution in [2.24, 2.45) is 0 Å². The van der Waals surface area contributed by atoms with Crippen LogP contribution in [0.3, 0.4) is 0 Å². The van der Waals surface area contributed by atoms with Gasteiger partial charge in [-0.05, 0) is 60.6 Å². The molecular formula is C21H22F2N2O4S2. The Morgan fingerprint density at radius 2 is 1.97 bits per heavy atom.